The molecule has 0 fully saturated rings. The number of hydrogen-bond donors (Lipinski definition) is 3. The average Bonchev–Trinajstić information content (AvgIpc) is 2.54. The molecule has 0 saturated heterocycles. The van der Waals surface area contributed by atoms with Gasteiger partial charge >= 0.3 is 0 Å². The Labute approximate surface area is 147 Å². The lowest BCUT2D eigenvalue weighted by atomic mass is 9.91. The number of carbonyl (C=O) groups excluding carboxylic acids is 2. The van der Waals surface area contributed by atoms with Crippen LogP contribution in [0.4, 0.5) is 0 Å². The fourth-order valence-electron chi connectivity index (χ4n) is 1.78. The Kier molecular flexibility index (Phi) is 12.1. The summed E-state index contributed by atoms with van der Waals surface area (Å²) < 4.78 is 15.0. The smallest absolute Gasteiger partial charge is 0.181 e. The molecule has 0 aliphatic heterocycles. The second-order valence-corrected chi connectivity index (χ2v) is 5.55. The van der Waals surface area contributed by atoms with E-state index in [4.69, 9.17) is 19.3 Å². The van der Waals surface area contributed by atoms with Crippen molar-refractivity contribution in [3.8, 4) is 0 Å². The second kappa shape index (κ2) is 12.9. The molecule has 0 saturated carbocycles. The summed E-state index contributed by atoms with van der Waals surface area (Å²) in [5.74, 6) is -2.12. The van der Waals surface area contributed by atoms with Gasteiger partial charge in [0, 0.05) is 6.42 Å². The van der Waals surface area contributed by atoms with Crippen molar-refractivity contribution in [3.05, 3.63) is 24.3 Å². The summed E-state index contributed by atoms with van der Waals surface area (Å²) in [4.78, 5) is 23.9. The molecule has 8 nitrogen and oxygen atoms in total. The highest BCUT2D eigenvalue weighted by Gasteiger charge is 2.31. The zero-order valence-electron chi connectivity index (χ0n) is 14.8. The summed E-state index contributed by atoms with van der Waals surface area (Å²) in [5.41, 5.74) is 0.410. The maximum Gasteiger partial charge on any atom is 0.181 e. The van der Waals surface area contributed by atoms with Gasteiger partial charge in [0.25, 0.3) is 0 Å². The molecule has 8 heteroatoms. The molecule has 0 heterocycles. The van der Waals surface area contributed by atoms with E-state index in [-0.39, 0.29) is 50.6 Å². The van der Waals surface area contributed by atoms with Crippen LogP contribution in [0.15, 0.2) is 24.3 Å². The van der Waals surface area contributed by atoms with Crippen LogP contribution in [0.2, 0.25) is 0 Å². The molecular weight excluding hydrogens is 332 g/mol. The summed E-state index contributed by atoms with van der Waals surface area (Å²) >= 11 is 0. The SMILES string of the molecule is C=C(C)C(=O)CC(C(=O)C(=C)C)C(O)OC(O)COCCOCCO. The molecule has 144 valence electrons. The van der Waals surface area contributed by atoms with E-state index >= 15 is 0 Å². The first kappa shape index (κ1) is 23.6. The minimum atomic E-state index is -1.70. The fraction of sp³-hybridized carbons (Fsp3) is 0.647. The second-order valence-electron chi connectivity index (χ2n) is 5.55. The van der Waals surface area contributed by atoms with Gasteiger partial charge in [-0.05, 0) is 25.0 Å². The number of allylic oxidation sites excluding steroid dienone is 2. The van der Waals surface area contributed by atoms with Gasteiger partial charge in [0.1, 0.15) is 0 Å². The molecular formula is C17H28O8. The van der Waals surface area contributed by atoms with Crippen LogP contribution in [0.1, 0.15) is 20.3 Å². The average molecular weight is 360 g/mol. The van der Waals surface area contributed by atoms with Crippen LogP contribution in [0.5, 0.6) is 0 Å². The lowest BCUT2D eigenvalue weighted by Gasteiger charge is -2.24. The minimum absolute atomic E-state index is 0.0982. The van der Waals surface area contributed by atoms with Crippen molar-refractivity contribution in [2.45, 2.75) is 32.8 Å². The van der Waals surface area contributed by atoms with E-state index in [0.717, 1.165) is 0 Å². The lowest BCUT2D eigenvalue weighted by Crippen LogP contribution is -2.37. The Bertz CT molecular complexity index is 460. The van der Waals surface area contributed by atoms with Gasteiger partial charge in [-0.3, -0.25) is 9.59 Å². The Morgan fingerprint density at radius 3 is 2.12 bits per heavy atom. The van der Waals surface area contributed by atoms with Crippen LogP contribution >= 0.6 is 0 Å². The topological polar surface area (TPSA) is 123 Å². The maximum atomic E-state index is 12.1. The first-order valence-corrected chi connectivity index (χ1v) is 7.87. The van der Waals surface area contributed by atoms with Crippen molar-refractivity contribution >= 4 is 11.6 Å². The molecule has 0 spiro atoms. The Balaban J connectivity index is 4.51. The van der Waals surface area contributed by atoms with Crippen molar-refractivity contribution in [3.63, 3.8) is 0 Å². The van der Waals surface area contributed by atoms with Gasteiger partial charge in [0.05, 0.1) is 39.0 Å². The number of carbonyl (C=O) groups is 2. The molecule has 0 aromatic carbocycles. The summed E-state index contributed by atoms with van der Waals surface area (Å²) in [6.45, 7) is 10.2. The largest absolute Gasteiger partial charge is 0.394 e. The number of ether oxygens (including phenoxy) is 3. The van der Waals surface area contributed by atoms with Crippen molar-refractivity contribution in [2.24, 2.45) is 5.92 Å². The quantitative estimate of drug-likeness (QED) is 0.211. The number of rotatable bonds is 15. The predicted octanol–water partition coefficient (Wildman–Crippen LogP) is -0.0380. The third kappa shape index (κ3) is 10.2. The molecule has 3 atom stereocenters. The molecule has 0 rings (SSSR count). The number of Topliss-reactive ketones (excluding diaryl/α,β-unsaturated/α-hetero) is 2. The Hall–Kier alpha value is -1.42. The van der Waals surface area contributed by atoms with Crippen molar-refractivity contribution in [1.82, 2.24) is 0 Å². The molecule has 0 bridgehead atoms. The van der Waals surface area contributed by atoms with E-state index in [0.29, 0.717) is 0 Å². The summed E-state index contributed by atoms with van der Waals surface area (Å²) in [7, 11) is 0. The van der Waals surface area contributed by atoms with E-state index < -0.39 is 30.1 Å². The van der Waals surface area contributed by atoms with Crippen molar-refractivity contribution in [1.29, 1.82) is 0 Å². The maximum absolute atomic E-state index is 12.1. The number of aliphatic hydroxyl groups is 3. The van der Waals surface area contributed by atoms with Gasteiger partial charge in [-0.2, -0.15) is 0 Å². The van der Waals surface area contributed by atoms with Gasteiger partial charge in [0.2, 0.25) is 0 Å². The van der Waals surface area contributed by atoms with Crippen molar-refractivity contribution < 1.29 is 39.1 Å². The van der Waals surface area contributed by atoms with Crippen LogP contribution in [0.25, 0.3) is 0 Å². The molecule has 0 aliphatic carbocycles. The van der Waals surface area contributed by atoms with Crippen LogP contribution in [-0.4, -0.2) is 72.5 Å². The monoisotopic (exact) mass is 360 g/mol. The van der Waals surface area contributed by atoms with Gasteiger partial charge < -0.3 is 29.5 Å². The molecule has 0 aliphatic rings. The van der Waals surface area contributed by atoms with E-state index in [1.165, 1.54) is 13.8 Å². The van der Waals surface area contributed by atoms with Crippen molar-refractivity contribution in [2.75, 3.05) is 33.0 Å². The predicted molar refractivity (Wildman–Crippen MR) is 89.6 cm³/mol. The summed E-state index contributed by atoms with van der Waals surface area (Å²) in [5, 5.41) is 28.3. The van der Waals surface area contributed by atoms with E-state index in [1.54, 1.807) is 0 Å². The highest BCUT2D eigenvalue weighted by molar-refractivity contribution is 6.02. The first-order valence-electron chi connectivity index (χ1n) is 7.87. The third-order valence-electron chi connectivity index (χ3n) is 3.15. The molecule has 25 heavy (non-hydrogen) atoms. The summed E-state index contributed by atoms with van der Waals surface area (Å²) in [6.07, 6.45) is -3.49. The highest BCUT2D eigenvalue weighted by Crippen LogP contribution is 2.19. The standard InChI is InChI=1S/C17H28O8/c1-11(2)14(19)9-13(16(21)12(3)4)17(22)25-15(20)10-24-8-7-23-6-5-18/h13,15,17-18,20,22H,1,3,5-10H2,2,4H3. The molecule has 0 aromatic rings. The van der Waals surface area contributed by atoms with E-state index in [1.807, 2.05) is 0 Å². The van der Waals surface area contributed by atoms with Gasteiger partial charge in [0.15, 0.2) is 24.1 Å². The molecule has 3 unspecified atom stereocenters. The Morgan fingerprint density at radius 2 is 1.60 bits per heavy atom. The Morgan fingerprint density at radius 1 is 1.00 bits per heavy atom. The normalized spacial score (nSPS) is 14.6. The minimum Gasteiger partial charge on any atom is -0.394 e. The zero-order valence-corrected chi connectivity index (χ0v) is 14.8. The number of hydrogen-bond acceptors (Lipinski definition) is 8. The van der Waals surface area contributed by atoms with Gasteiger partial charge in [-0.15, -0.1) is 0 Å². The summed E-state index contributed by atoms with van der Waals surface area (Å²) in [6, 6.07) is 0. The number of ketones is 2. The lowest BCUT2D eigenvalue weighted by molar-refractivity contribution is -0.239. The van der Waals surface area contributed by atoms with Gasteiger partial charge in [-0.25, -0.2) is 0 Å². The highest BCUT2D eigenvalue weighted by atomic mass is 16.7. The third-order valence-corrected chi connectivity index (χ3v) is 3.15. The number of aliphatic hydroxyl groups excluding tert-OH is 3. The van der Waals surface area contributed by atoms with Crippen LogP contribution < -0.4 is 0 Å². The first-order chi connectivity index (χ1) is 11.7. The van der Waals surface area contributed by atoms with Crippen LogP contribution in [-0.2, 0) is 23.8 Å². The molecule has 0 aromatic heterocycles. The molecule has 0 radical (unpaired) electrons. The fourth-order valence-corrected chi connectivity index (χ4v) is 1.78. The van der Waals surface area contributed by atoms with Gasteiger partial charge in [-0.1, -0.05) is 13.2 Å². The van der Waals surface area contributed by atoms with Crippen LogP contribution in [0.3, 0.4) is 0 Å². The molecule has 3 N–H and O–H groups in total. The van der Waals surface area contributed by atoms with E-state index in [9.17, 15) is 19.8 Å². The van der Waals surface area contributed by atoms with Crippen LogP contribution in [0, 0.1) is 5.92 Å². The molecule has 0 amide bonds. The van der Waals surface area contributed by atoms with E-state index in [2.05, 4.69) is 13.2 Å². The zero-order chi connectivity index (χ0) is 19.4.